The molecule has 1 saturated heterocycles. The van der Waals surface area contributed by atoms with Crippen molar-refractivity contribution in [3.05, 3.63) is 0 Å². The number of likely N-dealkylation sites (tertiary alicyclic amines) is 1. The number of hydrogen-bond donors (Lipinski definition) is 0. The monoisotopic (exact) mass is 251 g/mol. The maximum atomic E-state index is 2.76. The summed E-state index contributed by atoms with van der Waals surface area (Å²) in [4.78, 5) is 2.76. The fourth-order valence-electron chi connectivity index (χ4n) is 3.99. The Hall–Kier alpha value is -0.0400. The van der Waals surface area contributed by atoms with Gasteiger partial charge in [-0.1, -0.05) is 40.0 Å². The summed E-state index contributed by atoms with van der Waals surface area (Å²) in [6.07, 6.45) is 13.3. The molecule has 0 N–H and O–H groups in total. The third-order valence-corrected chi connectivity index (χ3v) is 5.66. The molecule has 0 amide bonds. The molecule has 1 aliphatic carbocycles. The quantitative estimate of drug-likeness (QED) is 0.692. The van der Waals surface area contributed by atoms with Crippen molar-refractivity contribution in [3.8, 4) is 0 Å². The molecule has 1 spiro atoms. The van der Waals surface area contributed by atoms with E-state index in [1.807, 2.05) is 0 Å². The van der Waals surface area contributed by atoms with Crippen molar-refractivity contribution in [2.45, 2.75) is 78.6 Å². The van der Waals surface area contributed by atoms with E-state index in [1.165, 1.54) is 77.4 Å². The number of nitrogens with zero attached hydrogens (tertiary/aromatic N) is 1. The second-order valence-corrected chi connectivity index (χ2v) is 7.71. The van der Waals surface area contributed by atoms with Crippen LogP contribution in [0.15, 0.2) is 0 Å². The first-order valence-electron chi connectivity index (χ1n) is 8.28. The molecular formula is C17H33N. The van der Waals surface area contributed by atoms with Gasteiger partial charge in [0.05, 0.1) is 0 Å². The van der Waals surface area contributed by atoms with E-state index in [-0.39, 0.29) is 0 Å². The topological polar surface area (TPSA) is 3.24 Å². The fraction of sp³-hybridized carbons (Fsp3) is 1.00. The molecule has 0 aromatic heterocycles. The van der Waals surface area contributed by atoms with Gasteiger partial charge in [-0.3, -0.25) is 0 Å². The normalized spacial score (nSPS) is 26.2. The number of rotatable bonds is 3. The van der Waals surface area contributed by atoms with Crippen LogP contribution < -0.4 is 0 Å². The standard InChI is InChI=1S/C17H33N/c1-4-16(2,3)15-18-13-8-11-17(12-14-18)9-6-5-7-10-17/h4-15H2,1-3H3. The summed E-state index contributed by atoms with van der Waals surface area (Å²) in [5.74, 6) is 0. The molecule has 106 valence electrons. The highest BCUT2D eigenvalue weighted by atomic mass is 15.1. The van der Waals surface area contributed by atoms with Gasteiger partial charge < -0.3 is 4.90 Å². The Morgan fingerprint density at radius 1 is 0.889 bits per heavy atom. The van der Waals surface area contributed by atoms with E-state index in [4.69, 9.17) is 0 Å². The van der Waals surface area contributed by atoms with Gasteiger partial charge in [0.15, 0.2) is 0 Å². The zero-order valence-electron chi connectivity index (χ0n) is 12.9. The van der Waals surface area contributed by atoms with Crippen LogP contribution in [0, 0.1) is 10.8 Å². The summed E-state index contributed by atoms with van der Waals surface area (Å²) >= 11 is 0. The molecule has 2 fully saturated rings. The van der Waals surface area contributed by atoms with Gasteiger partial charge in [-0.15, -0.1) is 0 Å². The largest absolute Gasteiger partial charge is 0.303 e. The predicted molar refractivity (Wildman–Crippen MR) is 79.9 cm³/mol. The molecule has 1 saturated carbocycles. The Morgan fingerprint density at radius 3 is 2.22 bits per heavy atom. The lowest BCUT2D eigenvalue weighted by Gasteiger charge is -2.37. The lowest BCUT2D eigenvalue weighted by molar-refractivity contribution is 0.143. The van der Waals surface area contributed by atoms with Gasteiger partial charge in [0.1, 0.15) is 0 Å². The van der Waals surface area contributed by atoms with Crippen LogP contribution in [0.25, 0.3) is 0 Å². The van der Waals surface area contributed by atoms with Crippen molar-refractivity contribution in [3.63, 3.8) is 0 Å². The van der Waals surface area contributed by atoms with Crippen LogP contribution in [0.4, 0.5) is 0 Å². The minimum atomic E-state index is 0.504. The molecule has 1 nitrogen and oxygen atoms in total. The van der Waals surface area contributed by atoms with E-state index < -0.39 is 0 Å². The Labute approximate surface area is 114 Å². The van der Waals surface area contributed by atoms with Gasteiger partial charge >= 0.3 is 0 Å². The summed E-state index contributed by atoms with van der Waals surface area (Å²) in [6, 6.07) is 0. The van der Waals surface area contributed by atoms with Crippen molar-refractivity contribution in [2.75, 3.05) is 19.6 Å². The Morgan fingerprint density at radius 2 is 1.56 bits per heavy atom. The molecule has 0 radical (unpaired) electrons. The van der Waals surface area contributed by atoms with E-state index in [2.05, 4.69) is 25.7 Å². The highest BCUT2D eigenvalue weighted by Gasteiger charge is 2.34. The molecule has 1 heterocycles. The first-order chi connectivity index (χ1) is 8.55. The Kier molecular flexibility index (Phi) is 4.75. The molecule has 0 bridgehead atoms. The Balaban J connectivity index is 1.88. The summed E-state index contributed by atoms with van der Waals surface area (Å²) in [5, 5.41) is 0. The van der Waals surface area contributed by atoms with Crippen LogP contribution in [0.5, 0.6) is 0 Å². The second kappa shape index (κ2) is 5.94. The minimum Gasteiger partial charge on any atom is -0.303 e. The highest BCUT2D eigenvalue weighted by molar-refractivity contribution is 4.87. The van der Waals surface area contributed by atoms with Gasteiger partial charge in [-0.05, 0) is 62.4 Å². The van der Waals surface area contributed by atoms with Crippen LogP contribution in [-0.4, -0.2) is 24.5 Å². The molecule has 2 rings (SSSR count). The molecular weight excluding hydrogens is 218 g/mol. The van der Waals surface area contributed by atoms with E-state index >= 15 is 0 Å². The van der Waals surface area contributed by atoms with Gasteiger partial charge in [-0.25, -0.2) is 0 Å². The van der Waals surface area contributed by atoms with Crippen molar-refractivity contribution in [2.24, 2.45) is 10.8 Å². The maximum absolute atomic E-state index is 2.76. The molecule has 1 heteroatoms. The summed E-state index contributed by atoms with van der Waals surface area (Å²) in [7, 11) is 0. The molecule has 0 aromatic rings. The lowest BCUT2D eigenvalue weighted by atomic mass is 9.69. The first-order valence-corrected chi connectivity index (χ1v) is 8.28. The fourth-order valence-corrected chi connectivity index (χ4v) is 3.99. The van der Waals surface area contributed by atoms with Crippen LogP contribution in [0.1, 0.15) is 78.6 Å². The summed E-state index contributed by atoms with van der Waals surface area (Å²) in [6.45, 7) is 11.2. The lowest BCUT2D eigenvalue weighted by Crippen LogP contribution is -2.35. The van der Waals surface area contributed by atoms with Crippen LogP contribution >= 0.6 is 0 Å². The van der Waals surface area contributed by atoms with E-state index in [1.54, 1.807) is 0 Å². The summed E-state index contributed by atoms with van der Waals surface area (Å²) in [5.41, 5.74) is 1.26. The number of hydrogen-bond acceptors (Lipinski definition) is 1. The molecule has 18 heavy (non-hydrogen) atoms. The molecule has 2 aliphatic rings. The van der Waals surface area contributed by atoms with Gasteiger partial charge in [-0.2, -0.15) is 0 Å². The molecule has 0 aromatic carbocycles. The average molecular weight is 251 g/mol. The zero-order valence-corrected chi connectivity index (χ0v) is 12.9. The van der Waals surface area contributed by atoms with Crippen molar-refractivity contribution in [1.29, 1.82) is 0 Å². The minimum absolute atomic E-state index is 0.504. The predicted octanol–water partition coefficient (Wildman–Crippen LogP) is 4.86. The van der Waals surface area contributed by atoms with Crippen molar-refractivity contribution in [1.82, 2.24) is 4.90 Å². The van der Waals surface area contributed by atoms with Crippen LogP contribution in [0.2, 0.25) is 0 Å². The van der Waals surface area contributed by atoms with Gasteiger partial charge in [0.2, 0.25) is 0 Å². The molecule has 1 aliphatic heterocycles. The van der Waals surface area contributed by atoms with E-state index in [0.717, 1.165) is 5.41 Å². The smallest absolute Gasteiger partial charge is 0.00326 e. The average Bonchev–Trinajstić information content (AvgIpc) is 2.54. The second-order valence-electron chi connectivity index (χ2n) is 7.71. The molecule has 0 unspecified atom stereocenters. The SMILES string of the molecule is CCC(C)(C)CN1CCCC2(CCCCC2)CC1. The van der Waals surface area contributed by atoms with Crippen LogP contribution in [0.3, 0.4) is 0 Å². The van der Waals surface area contributed by atoms with Gasteiger partial charge in [0, 0.05) is 6.54 Å². The zero-order chi connectivity index (χ0) is 13.1. The van der Waals surface area contributed by atoms with Crippen LogP contribution in [-0.2, 0) is 0 Å². The van der Waals surface area contributed by atoms with Crippen molar-refractivity contribution >= 4 is 0 Å². The maximum Gasteiger partial charge on any atom is 0.00326 e. The van der Waals surface area contributed by atoms with Crippen molar-refractivity contribution < 1.29 is 0 Å². The molecule has 0 atom stereocenters. The van der Waals surface area contributed by atoms with Gasteiger partial charge in [0.25, 0.3) is 0 Å². The van der Waals surface area contributed by atoms with E-state index in [0.29, 0.717) is 5.41 Å². The highest BCUT2D eigenvalue weighted by Crippen LogP contribution is 2.44. The third-order valence-electron chi connectivity index (χ3n) is 5.66. The van der Waals surface area contributed by atoms with E-state index in [9.17, 15) is 0 Å². The Bertz CT molecular complexity index is 250. The summed E-state index contributed by atoms with van der Waals surface area (Å²) < 4.78 is 0. The first kappa shape index (κ1) is 14.4. The third kappa shape index (κ3) is 3.73.